The summed E-state index contributed by atoms with van der Waals surface area (Å²) in [5, 5.41) is 7.06. The standard InChI is InChI=1S/C16H19N3O/c1-4-12-7-11(2)8-14(9-12)18-13-5-6-15(19-17)16(10-13)20-3/h5-10,17-18H,4H2,1-3H3/p+1. The second kappa shape index (κ2) is 6.19. The molecule has 0 atom stereocenters. The summed E-state index contributed by atoms with van der Waals surface area (Å²) >= 11 is 0. The Kier molecular flexibility index (Phi) is 4.35. The second-order valence-electron chi connectivity index (χ2n) is 4.70. The smallest absolute Gasteiger partial charge is 0.171 e. The number of aryl methyl sites for hydroxylation is 2. The molecule has 4 nitrogen and oxygen atoms in total. The Balaban J connectivity index is 2.30. The largest absolute Gasteiger partial charge is 0.494 e. The SMILES string of the molecule is CCc1cc(C)cc(Nc2ccc(N=[NH2+])c(OC)c2)c1. The van der Waals surface area contributed by atoms with Gasteiger partial charge in [-0.05, 0) is 53.9 Å². The fourth-order valence-corrected chi connectivity index (χ4v) is 2.17. The number of nitrogens with two attached hydrogens (primary N) is 1. The minimum Gasteiger partial charge on any atom is -0.494 e. The van der Waals surface area contributed by atoms with Crippen LogP contribution in [0, 0.1) is 6.92 Å². The molecule has 0 bridgehead atoms. The van der Waals surface area contributed by atoms with Crippen molar-refractivity contribution in [2.24, 2.45) is 5.11 Å². The van der Waals surface area contributed by atoms with Gasteiger partial charge in [0.25, 0.3) is 0 Å². The highest BCUT2D eigenvalue weighted by Crippen LogP contribution is 2.31. The van der Waals surface area contributed by atoms with E-state index >= 15 is 0 Å². The van der Waals surface area contributed by atoms with Crippen LogP contribution in [0.1, 0.15) is 18.1 Å². The number of rotatable bonds is 5. The first-order chi connectivity index (χ1) is 9.66. The molecule has 0 saturated carbocycles. The molecule has 3 N–H and O–H groups in total. The number of ether oxygens (including phenoxy) is 1. The fourth-order valence-electron chi connectivity index (χ4n) is 2.17. The van der Waals surface area contributed by atoms with Crippen molar-refractivity contribution in [1.82, 2.24) is 0 Å². The maximum absolute atomic E-state index is 5.31. The molecule has 4 heteroatoms. The van der Waals surface area contributed by atoms with E-state index in [1.54, 1.807) is 7.11 Å². The summed E-state index contributed by atoms with van der Waals surface area (Å²) in [5.41, 5.74) is 10.5. The number of nitrogens with one attached hydrogen (secondary N) is 1. The van der Waals surface area contributed by atoms with Gasteiger partial charge in [0.05, 0.1) is 7.11 Å². The Morgan fingerprint density at radius 1 is 1.15 bits per heavy atom. The summed E-state index contributed by atoms with van der Waals surface area (Å²) in [4.78, 5) is 0. The molecule has 0 aliphatic heterocycles. The van der Waals surface area contributed by atoms with Crippen LogP contribution in [0.15, 0.2) is 41.5 Å². The van der Waals surface area contributed by atoms with Gasteiger partial charge in [0.2, 0.25) is 0 Å². The third kappa shape index (κ3) is 3.15. The zero-order chi connectivity index (χ0) is 14.5. The van der Waals surface area contributed by atoms with Crippen molar-refractivity contribution in [3.05, 3.63) is 47.5 Å². The molecular formula is C16H20N3O+. The van der Waals surface area contributed by atoms with E-state index in [1.165, 1.54) is 11.1 Å². The lowest BCUT2D eigenvalue weighted by molar-refractivity contribution is -0.210. The molecule has 0 saturated heterocycles. The van der Waals surface area contributed by atoms with Crippen LogP contribution in [0.25, 0.3) is 0 Å². The number of hydrogen-bond acceptors (Lipinski definition) is 3. The van der Waals surface area contributed by atoms with Crippen LogP contribution < -0.4 is 15.6 Å². The molecule has 0 spiro atoms. The molecule has 0 aromatic heterocycles. The Bertz CT molecular complexity index is 623. The van der Waals surface area contributed by atoms with E-state index in [1.807, 2.05) is 18.2 Å². The van der Waals surface area contributed by atoms with E-state index in [-0.39, 0.29) is 0 Å². The molecule has 0 aliphatic rings. The first kappa shape index (κ1) is 14.1. The van der Waals surface area contributed by atoms with E-state index in [0.29, 0.717) is 11.4 Å². The minimum absolute atomic E-state index is 0.636. The predicted molar refractivity (Wildman–Crippen MR) is 80.8 cm³/mol. The summed E-state index contributed by atoms with van der Waals surface area (Å²) < 4.78 is 5.27. The molecule has 20 heavy (non-hydrogen) atoms. The summed E-state index contributed by atoms with van der Waals surface area (Å²) in [5.74, 6) is 0.654. The highest BCUT2D eigenvalue weighted by atomic mass is 16.5. The quantitative estimate of drug-likeness (QED) is 0.820. The zero-order valence-corrected chi connectivity index (χ0v) is 12.1. The van der Waals surface area contributed by atoms with E-state index in [4.69, 9.17) is 10.3 Å². The Morgan fingerprint density at radius 2 is 1.95 bits per heavy atom. The van der Waals surface area contributed by atoms with E-state index in [2.05, 4.69) is 42.5 Å². The molecule has 0 unspecified atom stereocenters. The van der Waals surface area contributed by atoms with Crippen molar-refractivity contribution in [2.45, 2.75) is 20.3 Å². The monoisotopic (exact) mass is 270 g/mol. The third-order valence-corrected chi connectivity index (χ3v) is 3.15. The first-order valence-corrected chi connectivity index (χ1v) is 6.62. The molecular weight excluding hydrogens is 250 g/mol. The lowest BCUT2D eigenvalue weighted by Crippen LogP contribution is -2.22. The maximum atomic E-state index is 5.31. The van der Waals surface area contributed by atoms with Gasteiger partial charge in [0.15, 0.2) is 11.4 Å². The Hall–Kier alpha value is -2.36. The van der Waals surface area contributed by atoms with Crippen LogP contribution >= 0.6 is 0 Å². The Morgan fingerprint density at radius 3 is 2.60 bits per heavy atom. The van der Waals surface area contributed by atoms with E-state index < -0.39 is 0 Å². The molecule has 104 valence electrons. The number of methoxy groups -OCH3 is 1. The number of benzene rings is 2. The lowest BCUT2D eigenvalue weighted by atomic mass is 10.1. The van der Waals surface area contributed by atoms with Gasteiger partial charge in [0, 0.05) is 17.4 Å². The van der Waals surface area contributed by atoms with Crippen LogP contribution in [-0.2, 0) is 6.42 Å². The van der Waals surface area contributed by atoms with Crippen molar-refractivity contribution in [3.8, 4) is 5.75 Å². The van der Waals surface area contributed by atoms with Gasteiger partial charge < -0.3 is 10.1 Å². The molecule has 0 fully saturated rings. The van der Waals surface area contributed by atoms with Crippen LogP contribution in [0.3, 0.4) is 0 Å². The average molecular weight is 270 g/mol. The predicted octanol–water partition coefficient (Wildman–Crippen LogP) is 3.15. The number of nitrogens with zero attached hydrogens (tertiary/aromatic N) is 1. The van der Waals surface area contributed by atoms with Gasteiger partial charge in [-0.15, -0.1) is 0 Å². The molecule has 0 heterocycles. The first-order valence-electron chi connectivity index (χ1n) is 6.62. The van der Waals surface area contributed by atoms with Gasteiger partial charge in [-0.3, -0.25) is 0 Å². The molecule has 2 aromatic carbocycles. The van der Waals surface area contributed by atoms with Crippen molar-refractivity contribution in [3.63, 3.8) is 0 Å². The van der Waals surface area contributed by atoms with Crippen LogP contribution in [0.2, 0.25) is 0 Å². The normalized spacial score (nSPS) is 10.2. The van der Waals surface area contributed by atoms with E-state index in [9.17, 15) is 0 Å². The molecule has 0 aliphatic carbocycles. The third-order valence-electron chi connectivity index (χ3n) is 3.15. The van der Waals surface area contributed by atoms with Crippen LogP contribution in [-0.4, -0.2) is 7.11 Å². The number of anilines is 2. The lowest BCUT2D eigenvalue weighted by Gasteiger charge is -2.11. The summed E-state index contributed by atoms with van der Waals surface area (Å²) in [6.45, 7) is 4.25. The summed E-state index contributed by atoms with van der Waals surface area (Å²) in [6.07, 6.45) is 1.02. The summed E-state index contributed by atoms with van der Waals surface area (Å²) in [7, 11) is 1.61. The van der Waals surface area contributed by atoms with Gasteiger partial charge in [0.1, 0.15) is 0 Å². The number of hydrogen-bond donors (Lipinski definition) is 2. The van der Waals surface area contributed by atoms with Gasteiger partial charge in [-0.1, -0.05) is 13.0 Å². The molecule has 2 aromatic rings. The van der Waals surface area contributed by atoms with Gasteiger partial charge in [-0.25, -0.2) is 0 Å². The Labute approximate surface area is 119 Å². The van der Waals surface area contributed by atoms with Crippen molar-refractivity contribution in [2.75, 3.05) is 12.4 Å². The molecule has 0 radical (unpaired) electrons. The highest BCUT2D eigenvalue weighted by molar-refractivity contribution is 5.67. The topological polar surface area (TPSA) is 59.2 Å². The van der Waals surface area contributed by atoms with Gasteiger partial charge >= 0.3 is 0 Å². The van der Waals surface area contributed by atoms with Crippen LogP contribution in [0.4, 0.5) is 17.1 Å². The van der Waals surface area contributed by atoms with Crippen molar-refractivity contribution in [1.29, 1.82) is 0 Å². The second-order valence-corrected chi connectivity index (χ2v) is 4.70. The molecule has 2 rings (SSSR count). The minimum atomic E-state index is 0.636. The van der Waals surface area contributed by atoms with Crippen molar-refractivity contribution < 1.29 is 10.3 Å². The maximum Gasteiger partial charge on any atom is 0.171 e. The zero-order valence-electron chi connectivity index (χ0n) is 12.1. The van der Waals surface area contributed by atoms with Gasteiger partial charge in [-0.2, -0.15) is 5.53 Å². The summed E-state index contributed by atoms with van der Waals surface area (Å²) in [6, 6.07) is 12.1. The van der Waals surface area contributed by atoms with Crippen molar-refractivity contribution >= 4 is 17.1 Å². The highest BCUT2D eigenvalue weighted by Gasteiger charge is 2.06. The molecule has 0 amide bonds. The van der Waals surface area contributed by atoms with Crippen LogP contribution in [0.5, 0.6) is 5.75 Å². The fraction of sp³-hybridized carbons (Fsp3) is 0.250. The van der Waals surface area contributed by atoms with E-state index in [0.717, 1.165) is 17.8 Å². The average Bonchev–Trinajstić information content (AvgIpc) is 2.46.